The Balaban J connectivity index is 1.95. The average Bonchev–Trinajstić information content (AvgIpc) is 3.33. The molecule has 0 bridgehead atoms. The molecule has 1 N–H and O–H groups in total. The molecule has 0 aromatic carbocycles. The van der Waals surface area contributed by atoms with Gasteiger partial charge in [0.25, 0.3) is 0 Å². The molecule has 0 saturated carbocycles. The Kier molecular flexibility index (Phi) is 6.32. The van der Waals surface area contributed by atoms with Crippen LogP contribution in [0, 0.1) is 0 Å². The number of aryl methyl sites for hydroxylation is 2. The number of ether oxygens (including phenoxy) is 1. The number of fused-ring (bicyclic) bond motifs is 1. The summed E-state index contributed by atoms with van der Waals surface area (Å²) in [6.07, 6.45) is 7.87. The first-order valence-electron chi connectivity index (χ1n) is 9.22. The van der Waals surface area contributed by atoms with E-state index in [2.05, 4.69) is 43.7 Å². The largest absolute Gasteiger partial charge is 0.489 e. The smallest absolute Gasteiger partial charge is 0.205 e. The van der Waals surface area contributed by atoms with E-state index in [-0.39, 0.29) is 0 Å². The van der Waals surface area contributed by atoms with Gasteiger partial charge in [-0.25, -0.2) is 4.52 Å². The van der Waals surface area contributed by atoms with E-state index in [0.717, 1.165) is 61.4 Å². The monoisotopic (exact) mass is 375 g/mol. The molecule has 0 atom stereocenters. The van der Waals surface area contributed by atoms with E-state index in [4.69, 9.17) is 4.74 Å². The molecule has 9 heteroatoms. The summed E-state index contributed by atoms with van der Waals surface area (Å²) in [7, 11) is 0. The van der Waals surface area contributed by atoms with Crippen molar-refractivity contribution in [1.29, 1.82) is 0 Å². The summed E-state index contributed by atoms with van der Waals surface area (Å²) < 4.78 is 11.6. The SMILES string of the molecule is CCCCc1[nH]n2c(CCCC)nnc2c1N=Nc1sncc1OCC. The first-order valence-corrected chi connectivity index (χ1v) is 9.99. The van der Waals surface area contributed by atoms with Crippen LogP contribution in [0.3, 0.4) is 0 Å². The summed E-state index contributed by atoms with van der Waals surface area (Å²) in [6.45, 7) is 6.85. The third-order valence-electron chi connectivity index (χ3n) is 4.07. The lowest BCUT2D eigenvalue weighted by Crippen LogP contribution is -1.97. The third-order valence-corrected chi connectivity index (χ3v) is 4.74. The van der Waals surface area contributed by atoms with E-state index in [1.54, 1.807) is 6.20 Å². The maximum atomic E-state index is 5.53. The number of azo groups is 1. The van der Waals surface area contributed by atoms with Crippen molar-refractivity contribution in [3.05, 3.63) is 17.7 Å². The maximum Gasteiger partial charge on any atom is 0.205 e. The number of H-pyrrole nitrogens is 1. The van der Waals surface area contributed by atoms with Gasteiger partial charge in [0.1, 0.15) is 0 Å². The van der Waals surface area contributed by atoms with Gasteiger partial charge >= 0.3 is 0 Å². The topological polar surface area (TPSA) is 92.8 Å². The van der Waals surface area contributed by atoms with Crippen LogP contribution in [0.2, 0.25) is 0 Å². The highest BCUT2D eigenvalue weighted by Gasteiger charge is 2.17. The van der Waals surface area contributed by atoms with Crippen LogP contribution in [0.4, 0.5) is 10.7 Å². The van der Waals surface area contributed by atoms with Crippen LogP contribution in [0.15, 0.2) is 16.4 Å². The van der Waals surface area contributed by atoms with Crippen molar-refractivity contribution in [2.45, 2.75) is 59.3 Å². The molecular weight excluding hydrogens is 350 g/mol. The van der Waals surface area contributed by atoms with Crippen LogP contribution >= 0.6 is 11.5 Å². The predicted molar refractivity (Wildman–Crippen MR) is 102 cm³/mol. The van der Waals surface area contributed by atoms with Crippen molar-refractivity contribution in [2.75, 3.05) is 6.61 Å². The maximum absolute atomic E-state index is 5.53. The van der Waals surface area contributed by atoms with Gasteiger partial charge in [0, 0.05) is 6.42 Å². The second kappa shape index (κ2) is 8.88. The normalized spacial score (nSPS) is 11.8. The first-order chi connectivity index (χ1) is 12.8. The average molecular weight is 376 g/mol. The number of nitrogens with zero attached hydrogens (tertiary/aromatic N) is 6. The molecule has 3 aromatic rings. The molecule has 0 radical (unpaired) electrons. The van der Waals surface area contributed by atoms with E-state index in [0.29, 0.717) is 17.4 Å². The minimum Gasteiger partial charge on any atom is -0.489 e. The minimum atomic E-state index is 0.571. The van der Waals surface area contributed by atoms with Crippen molar-refractivity contribution in [3.8, 4) is 5.75 Å². The van der Waals surface area contributed by atoms with Crippen LogP contribution in [-0.2, 0) is 12.8 Å². The molecule has 0 spiro atoms. The molecule has 140 valence electrons. The second-order valence-corrected chi connectivity index (χ2v) is 6.83. The minimum absolute atomic E-state index is 0.571. The number of aromatic nitrogens is 5. The number of nitrogens with one attached hydrogen (secondary N) is 1. The van der Waals surface area contributed by atoms with Crippen molar-refractivity contribution < 1.29 is 4.74 Å². The summed E-state index contributed by atoms with van der Waals surface area (Å²) in [5.74, 6) is 1.60. The number of aromatic amines is 1. The lowest BCUT2D eigenvalue weighted by molar-refractivity contribution is 0.342. The van der Waals surface area contributed by atoms with E-state index in [9.17, 15) is 0 Å². The van der Waals surface area contributed by atoms with Crippen molar-refractivity contribution in [2.24, 2.45) is 10.2 Å². The van der Waals surface area contributed by atoms with Gasteiger partial charge in [-0.15, -0.1) is 20.4 Å². The zero-order chi connectivity index (χ0) is 18.4. The summed E-state index contributed by atoms with van der Waals surface area (Å²) in [5, 5.41) is 21.6. The van der Waals surface area contributed by atoms with Crippen molar-refractivity contribution >= 4 is 27.9 Å². The molecule has 0 saturated heterocycles. The molecule has 3 rings (SSSR count). The fourth-order valence-electron chi connectivity index (χ4n) is 2.68. The molecule has 0 amide bonds. The Morgan fingerprint density at radius 3 is 2.69 bits per heavy atom. The summed E-state index contributed by atoms with van der Waals surface area (Å²) in [6, 6.07) is 0. The van der Waals surface area contributed by atoms with Gasteiger partial charge in [-0.2, -0.15) is 4.37 Å². The van der Waals surface area contributed by atoms with Crippen molar-refractivity contribution in [3.63, 3.8) is 0 Å². The van der Waals surface area contributed by atoms with Crippen LogP contribution in [0.5, 0.6) is 5.75 Å². The Hall–Kier alpha value is -2.29. The number of hydrogen-bond donors (Lipinski definition) is 1. The summed E-state index contributed by atoms with van der Waals surface area (Å²) in [4.78, 5) is 0. The highest BCUT2D eigenvalue weighted by Crippen LogP contribution is 2.35. The van der Waals surface area contributed by atoms with Gasteiger partial charge in [0.2, 0.25) is 10.6 Å². The van der Waals surface area contributed by atoms with Gasteiger partial charge in [-0.1, -0.05) is 26.7 Å². The van der Waals surface area contributed by atoms with Crippen LogP contribution in [-0.4, -0.2) is 30.8 Å². The molecular formula is C17H25N7OS. The van der Waals surface area contributed by atoms with E-state index >= 15 is 0 Å². The molecule has 0 aliphatic carbocycles. The van der Waals surface area contributed by atoms with Gasteiger partial charge in [0.15, 0.2) is 17.3 Å². The van der Waals surface area contributed by atoms with Crippen LogP contribution in [0.25, 0.3) is 5.65 Å². The molecule has 0 aliphatic heterocycles. The van der Waals surface area contributed by atoms with Gasteiger partial charge < -0.3 is 4.74 Å². The fraction of sp³-hybridized carbons (Fsp3) is 0.588. The second-order valence-electron chi connectivity index (χ2n) is 6.05. The predicted octanol–water partition coefficient (Wildman–Crippen LogP) is 5.01. The van der Waals surface area contributed by atoms with E-state index in [1.165, 1.54) is 11.5 Å². The zero-order valence-corrected chi connectivity index (χ0v) is 16.3. The van der Waals surface area contributed by atoms with E-state index < -0.39 is 0 Å². The van der Waals surface area contributed by atoms with Gasteiger partial charge in [0.05, 0.1) is 18.5 Å². The van der Waals surface area contributed by atoms with Gasteiger partial charge in [-0.05, 0) is 37.7 Å². The Morgan fingerprint density at radius 2 is 1.92 bits per heavy atom. The summed E-state index contributed by atoms with van der Waals surface area (Å²) in [5.41, 5.74) is 2.53. The number of unbranched alkanes of at least 4 members (excludes halogenated alkanes) is 2. The quantitative estimate of drug-likeness (QED) is 0.504. The van der Waals surface area contributed by atoms with E-state index in [1.807, 2.05) is 11.4 Å². The van der Waals surface area contributed by atoms with Crippen LogP contribution < -0.4 is 4.74 Å². The van der Waals surface area contributed by atoms with Crippen LogP contribution in [0.1, 0.15) is 58.0 Å². The number of rotatable bonds is 10. The third kappa shape index (κ3) is 3.92. The first kappa shape index (κ1) is 18.5. The zero-order valence-electron chi connectivity index (χ0n) is 15.5. The number of hydrogen-bond acceptors (Lipinski definition) is 7. The lowest BCUT2D eigenvalue weighted by Gasteiger charge is -1.99. The molecule has 0 fully saturated rings. The Labute approximate surface area is 156 Å². The molecule has 0 unspecified atom stereocenters. The molecule has 26 heavy (non-hydrogen) atoms. The molecule has 3 heterocycles. The molecule has 3 aromatic heterocycles. The Bertz CT molecular complexity index is 864. The highest BCUT2D eigenvalue weighted by molar-refractivity contribution is 7.10. The fourth-order valence-corrected chi connectivity index (χ4v) is 3.21. The highest BCUT2D eigenvalue weighted by atomic mass is 32.1. The standard InChI is InChI=1S/C17H25N7OS/c1-4-7-9-12-15(20-22-17-13(25-6-3)11-18-26-17)16-21-19-14(10-8-5-2)24(16)23-12/h11,23H,4-10H2,1-3H3. The molecule has 0 aliphatic rings. The van der Waals surface area contributed by atoms with Gasteiger partial charge in [-0.3, -0.25) is 5.10 Å². The van der Waals surface area contributed by atoms with Crippen molar-refractivity contribution in [1.82, 2.24) is 24.2 Å². The Morgan fingerprint density at radius 1 is 1.12 bits per heavy atom. The lowest BCUT2D eigenvalue weighted by atomic mass is 10.2. The summed E-state index contributed by atoms with van der Waals surface area (Å²) >= 11 is 1.27. The molecule has 8 nitrogen and oxygen atoms in total.